The maximum atomic E-state index is 12.3. The average molecular weight is 284 g/mol. The first-order valence-corrected chi connectivity index (χ1v) is 6.90. The normalized spacial score (nSPS) is 12.0. The molecule has 21 heavy (non-hydrogen) atoms. The molecule has 0 aliphatic carbocycles. The van der Waals surface area contributed by atoms with Gasteiger partial charge in [-0.15, -0.1) is 0 Å². The van der Waals surface area contributed by atoms with Crippen molar-refractivity contribution in [3.8, 4) is 5.75 Å². The van der Waals surface area contributed by atoms with Gasteiger partial charge in [0.1, 0.15) is 5.75 Å². The van der Waals surface area contributed by atoms with Crippen molar-refractivity contribution in [1.29, 1.82) is 0 Å². The van der Waals surface area contributed by atoms with Gasteiger partial charge < -0.3 is 15.7 Å². The van der Waals surface area contributed by atoms with Gasteiger partial charge in [-0.1, -0.05) is 24.3 Å². The number of phenols is 1. The SMILES string of the molecule is CNC(C)c1cccc(NC(=O)c2cccc(C)c2O)c1. The second-order valence-corrected chi connectivity index (χ2v) is 5.06. The predicted molar refractivity (Wildman–Crippen MR) is 84.7 cm³/mol. The highest BCUT2D eigenvalue weighted by Crippen LogP contribution is 2.23. The van der Waals surface area contributed by atoms with Crippen molar-refractivity contribution in [3.05, 3.63) is 59.2 Å². The number of phenolic OH excluding ortho intramolecular Hbond substituents is 1. The fourth-order valence-electron chi connectivity index (χ4n) is 2.09. The number of benzene rings is 2. The Labute approximate surface area is 124 Å². The second-order valence-electron chi connectivity index (χ2n) is 5.06. The summed E-state index contributed by atoms with van der Waals surface area (Å²) in [4.78, 5) is 12.3. The van der Waals surface area contributed by atoms with Crippen LogP contribution in [-0.4, -0.2) is 18.1 Å². The quantitative estimate of drug-likeness (QED) is 0.807. The van der Waals surface area contributed by atoms with Crippen LogP contribution in [0.3, 0.4) is 0 Å². The third-order valence-corrected chi connectivity index (χ3v) is 3.56. The molecule has 0 aliphatic rings. The highest BCUT2D eigenvalue weighted by molar-refractivity contribution is 6.06. The van der Waals surface area contributed by atoms with Crippen molar-refractivity contribution in [2.45, 2.75) is 19.9 Å². The molecule has 0 aromatic heterocycles. The molecule has 4 nitrogen and oxygen atoms in total. The highest BCUT2D eigenvalue weighted by atomic mass is 16.3. The van der Waals surface area contributed by atoms with Crippen molar-refractivity contribution in [1.82, 2.24) is 5.32 Å². The summed E-state index contributed by atoms with van der Waals surface area (Å²) in [6, 6.07) is 13.0. The van der Waals surface area contributed by atoms with E-state index in [1.807, 2.05) is 38.2 Å². The number of aryl methyl sites for hydroxylation is 1. The minimum atomic E-state index is -0.314. The summed E-state index contributed by atoms with van der Waals surface area (Å²) in [7, 11) is 1.89. The van der Waals surface area contributed by atoms with Gasteiger partial charge >= 0.3 is 0 Å². The number of amides is 1. The monoisotopic (exact) mass is 284 g/mol. The number of carbonyl (C=O) groups is 1. The van der Waals surface area contributed by atoms with Gasteiger partial charge in [0, 0.05) is 11.7 Å². The summed E-state index contributed by atoms with van der Waals surface area (Å²) < 4.78 is 0. The molecule has 2 aromatic rings. The number of para-hydroxylation sites is 1. The van der Waals surface area contributed by atoms with Gasteiger partial charge in [0.15, 0.2) is 0 Å². The van der Waals surface area contributed by atoms with Crippen LogP contribution in [0.15, 0.2) is 42.5 Å². The van der Waals surface area contributed by atoms with E-state index in [0.29, 0.717) is 11.3 Å². The molecule has 4 heteroatoms. The van der Waals surface area contributed by atoms with Crippen molar-refractivity contribution in [2.75, 3.05) is 12.4 Å². The molecule has 1 unspecified atom stereocenters. The van der Waals surface area contributed by atoms with Gasteiger partial charge in [-0.25, -0.2) is 0 Å². The van der Waals surface area contributed by atoms with Crippen LogP contribution in [0.25, 0.3) is 0 Å². The highest BCUT2D eigenvalue weighted by Gasteiger charge is 2.13. The maximum Gasteiger partial charge on any atom is 0.259 e. The average Bonchev–Trinajstić information content (AvgIpc) is 2.49. The molecule has 0 saturated heterocycles. The Morgan fingerprint density at radius 1 is 1.19 bits per heavy atom. The molecule has 110 valence electrons. The van der Waals surface area contributed by atoms with Crippen LogP contribution in [0.2, 0.25) is 0 Å². The molecule has 0 aliphatic heterocycles. The molecule has 0 bridgehead atoms. The first-order valence-electron chi connectivity index (χ1n) is 6.90. The molecule has 2 rings (SSSR count). The summed E-state index contributed by atoms with van der Waals surface area (Å²) in [5, 5.41) is 15.9. The van der Waals surface area contributed by atoms with Crippen LogP contribution in [0.1, 0.15) is 34.5 Å². The number of rotatable bonds is 4. The van der Waals surface area contributed by atoms with E-state index in [1.54, 1.807) is 25.1 Å². The largest absolute Gasteiger partial charge is 0.507 e. The first-order chi connectivity index (χ1) is 10.0. The van der Waals surface area contributed by atoms with E-state index in [-0.39, 0.29) is 23.3 Å². The van der Waals surface area contributed by atoms with Crippen molar-refractivity contribution in [2.24, 2.45) is 0 Å². The molecular formula is C17H20N2O2. The fourth-order valence-corrected chi connectivity index (χ4v) is 2.09. The molecule has 0 radical (unpaired) electrons. The van der Waals surface area contributed by atoms with E-state index in [1.165, 1.54) is 0 Å². The summed E-state index contributed by atoms with van der Waals surface area (Å²) in [5.74, 6) is -0.291. The van der Waals surface area contributed by atoms with Gasteiger partial charge in [-0.2, -0.15) is 0 Å². The van der Waals surface area contributed by atoms with E-state index >= 15 is 0 Å². The van der Waals surface area contributed by atoms with Crippen LogP contribution in [-0.2, 0) is 0 Å². The molecule has 0 fully saturated rings. The Morgan fingerprint density at radius 3 is 2.62 bits per heavy atom. The molecule has 0 saturated carbocycles. The zero-order valence-corrected chi connectivity index (χ0v) is 12.5. The van der Waals surface area contributed by atoms with Gasteiger partial charge in [-0.3, -0.25) is 4.79 Å². The smallest absolute Gasteiger partial charge is 0.259 e. The van der Waals surface area contributed by atoms with E-state index in [4.69, 9.17) is 0 Å². The van der Waals surface area contributed by atoms with Crippen LogP contribution in [0, 0.1) is 6.92 Å². The number of hydrogen-bond acceptors (Lipinski definition) is 3. The van der Waals surface area contributed by atoms with Crippen molar-refractivity contribution >= 4 is 11.6 Å². The third-order valence-electron chi connectivity index (χ3n) is 3.56. The first kappa shape index (κ1) is 15.1. The van der Waals surface area contributed by atoms with E-state index in [0.717, 1.165) is 5.56 Å². The molecule has 2 aromatic carbocycles. The number of hydrogen-bond donors (Lipinski definition) is 3. The fraction of sp³-hybridized carbons (Fsp3) is 0.235. The number of anilines is 1. The zero-order valence-electron chi connectivity index (χ0n) is 12.5. The summed E-state index contributed by atoms with van der Waals surface area (Å²) in [6.45, 7) is 3.81. The zero-order chi connectivity index (χ0) is 15.4. The Kier molecular flexibility index (Phi) is 4.60. The Hall–Kier alpha value is -2.33. The van der Waals surface area contributed by atoms with E-state index < -0.39 is 0 Å². The Balaban J connectivity index is 2.22. The minimum Gasteiger partial charge on any atom is -0.507 e. The molecule has 1 amide bonds. The second kappa shape index (κ2) is 6.41. The summed E-state index contributed by atoms with van der Waals surface area (Å²) in [6.07, 6.45) is 0. The predicted octanol–water partition coefficient (Wildman–Crippen LogP) is 3.23. The maximum absolute atomic E-state index is 12.3. The van der Waals surface area contributed by atoms with Gasteiger partial charge in [-0.05, 0) is 50.2 Å². The molecule has 3 N–H and O–H groups in total. The summed E-state index contributed by atoms with van der Waals surface area (Å²) in [5.41, 5.74) is 2.76. The number of carbonyl (C=O) groups excluding carboxylic acids is 1. The lowest BCUT2D eigenvalue weighted by Crippen LogP contribution is -2.15. The lowest BCUT2D eigenvalue weighted by molar-refractivity contribution is 0.102. The van der Waals surface area contributed by atoms with Crippen LogP contribution < -0.4 is 10.6 Å². The van der Waals surface area contributed by atoms with Gasteiger partial charge in [0.05, 0.1) is 5.56 Å². The van der Waals surface area contributed by atoms with Crippen LogP contribution in [0.4, 0.5) is 5.69 Å². The standard InChI is InChI=1S/C17H20N2O2/c1-11-6-4-9-15(16(11)20)17(21)19-14-8-5-7-13(10-14)12(2)18-3/h4-10,12,18,20H,1-3H3,(H,19,21). The van der Waals surface area contributed by atoms with E-state index in [2.05, 4.69) is 10.6 Å². The molecule has 0 spiro atoms. The van der Waals surface area contributed by atoms with Crippen molar-refractivity contribution in [3.63, 3.8) is 0 Å². The lowest BCUT2D eigenvalue weighted by Gasteiger charge is -2.13. The lowest BCUT2D eigenvalue weighted by atomic mass is 10.1. The van der Waals surface area contributed by atoms with Crippen LogP contribution >= 0.6 is 0 Å². The third kappa shape index (κ3) is 3.41. The van der Waals surface area contributed by atoms with Gasteiger partial charge in [0.2, 0.25) is 0 Å². The topological polar surface area (TPSA) is 61.4 Å². The Morgan fingerprint density at radius 2 is 1.90 bits per heavy atom. The van der Waals surface area contributed by atoms with Crippen LogP contribution in [0.5, 0.6) is 5.75 Å². The van der Waals surface area contributed by atoms with Crippen molar-refractivity contribution < 1.29 is 9.90 Å². The molecule has 1 atom stereocenters. The van der Waals surface area contributed by atoms with Gasteiger partial charge in [0.25, 0.3) is 5.91 Å². The number of nitrogens with one attached hydrogen (secondary N) is 2. The van der Waals surface area contributed by atoms with E-state index in [9.17, 15) is 9.90 Å². The minimum absolute atomic E-state index is 0.0229. The molecular weight excluding hydrogens is 264 g/mol. The Bertz CT molecular complexity index is 653. The molecule has 0 heterocycles. The summed E-state index contributed by atoms with van der Waals surface area (Å²) >= 11 is 0. The number of aromatic hydroxyl groups is 1.